The summed E-state index contributed by atoms with van der Waals surface area (Å²) in [7, 11) is 1.58. The van der Waals surface area contributed by atoms with Gasteiger partial charge in [-0.2, -0.15) is 11.8 Å². The van der Waals surface area contributed by atoms with Crippen LogP contribution in [0.25, 0.3) is 0 Å². The molecule has 1 N–H and O–H groups in total. The van der Waals surface area contributed by atoms with E-state index >= 15 is 0 Å². The van der Waals surface area contributed by atoms with E-state index in [1.807, 2.05) is 19.1 Å². The lowest BCUT2D eigenvalue weighted by molar-refractivity contribution is -0.138. The highest BCUT2D eigenvalue weighted by Gasteiger charge is 2.31. The molecule has 0 saturated carbocycles. The molecule has 0 aliphatic heterocycles. The van der Waals surface area contributed by atoms with Crippen molar-refractivity contribution in [2.45, 2.75) is 45.1 Å². The van der Waals surface area contributed by atoms with E-state index in [4.69, 9.17) is 9.47 Å². The van der Waals surface area contributed by atoms with Gasteiger partial charge in [0.15, 0.2) is 0 Å². The Morgan fingerprint density at radius 3 is 2.19 bits per heavy atom. The van der Waals surface area contributed by atoms with Crippen molar-refractivity contribution in [3.8, 4) is 5.75 Å². The van der Waals surface area contributed by atoms with E-state index in [0.717, 1.165) is 11.3 Å². The maximum atomic E-state index is 12.9. The van der Waals surface area contributed by atoms with Gasteiger partial charge in [0.2, 0.25) is 0 Å². The van der Waals surface area contributed by atoms with Crippen LogP contribution in [0.1, 0.15) is 43.5 Å². The lowest BCUT2D eigenvalue weighted by Gasteiger charge is -2.33. The molecule has 0 bridgehead atoms. The topological polar surface area (TPSA) is 76.1 Å². The molecule has 2 rings (SSSR count). The molecule has 1 unspecified atom stereocenters. The number of methoxy groups -OCH3 is 1. The van der Waals surface area contributed by atoms with Crippen molar-refractivity contribution >= 4 is 23.8 Å². The standard InChI is InChI=1S/C24H31NO5S/c1-17-6-8-18(9-7-17)15-31-16-21(19-10-12-20(29-5)13-11-19)25(14-22(26)27)23(28)30-24(2,3)4/h6-13,21H,14-16H2,1-5H3,(H,26,27). The van der Waals surface area contributed by atoms with Crippen LogP contribution in [0.3, 0.4) is 0 Å². The number of carboxylic acids is 1. The molecule has 0 saturated heterocycles. The second-order valence-electron chi connectivity index (χ2n) is 8.29. The summed E-state index contributed by atoms with van der Waals surface area (Å²) in [5.41, 5.74) is 2.46. The minimum atomic E-state index is -1.09. The molecule has 7 heteroatoms. The largest absolute Gasteiger partial charge is 0.497 e. The fourth-order valence-corrected chi connectivity index (χ4v) is 4.07. The van der Waals surface area contributed by atoms with Crippen LogP contribution in [0, 0.1) is 6.92 Å². The van der Waals surface area contributed by atoms with Crippen molar-refractivity contribution in [3.05, 3.63) is 65.2 Å². The Labute approximate surface area is 188 Å². The molecule has 0 aliphatic rings. The van der Waals surface area contributed by atoms with E-state index in [0.29, 0.717) is 11.5 Å². The number of carbonyl (C=O) groups excluding carboxylic acids is 1. The van der Waals surface area contributed by atoms with E-state index in [1.165, 1.54) is 16.0 Å². The van der Waals surface area contributed by atoms with Crippen LogP contribution >= 0.6 is 11.8 Å². The first kappa shape index (κ1) is 24.6. The van der Waals surface area contributed by atoms with Crippen molar-refractivity contribution in [3.63, 3.8) is 0 Å². The fourth-order valence-electron chi connectivity index (χ4n) is 2.93. The van der Waals surface area contributed by atoms with Gasteiger partial charge in [0.05, 0.1) is 13.2 Å². The second kappa shape index (κ2) is 11.1. The summed E-state index contributed by atoms with van der Waals surface area (Å²) in [5, 5.41) is 9.46. The minimum Gasteiger partial charge on any atom is -0.497 e. The summed E-state index contributed by atoms with van der Waals surface area (Å²) in [5.74, 6) is 0.874. The summed E-state index contributed by atoms with van der Waals surface area (Å²) in [6, 6.07) is 15.1. The highest BCUT2D eigenvalue weighted by molar-refractivity contribution is 7.98. The zero-order valence-corrected chi connectivity index (χ0v) is 19.6. The van der Waals surface area contributed by atoms with Gasteiger partial charge in [0.25, 0.3) is 0 Å². The number of thioether (sulfide) groups is 1. The van der Waals surface area contributed by atoms with Gasteiger partial charge in [-0.3, -0.25) is 9.69 Å². The van der Waals surface area contributed by atoms with Gasteiger partial charge in [0.1, 0.15) is 17.9 Å². The highest BCUT2D eigenvalue weighted by Crippen LogP contribution is 2.30. The third-order valence-corrected chi connectivity index (χ3v) is 5.56. The van der Waals surface area contributed by atoms with Crippen LogP contribution in [-0.4, -0.2) is 47.1 Å². The summed E-state index contributed by atoms with van der Waals surface area (Å²) in [6.07, 6.45) is -0.647. The quantitative estimate of drug-likeness (QED) is 0.564. The summed E-state index contributed by atoms with van der Waals surface area (Å²) in [4.78, 5) is 25.8. The molecule has 0 aromatic heterocycles. The number of hydrogen-bond donors (Lipinski definition) is 1. The molecule has 0 heterocycles. The third kappa shape index (κ3) is 8.17. The van der Waals surface area contributed by atoms with Crippen molar-refractivity contribution in [2.24, 2.45) is 0 Å². The monoisotopic (exact) mass is 445 g/mol. The van der Waals surface area contributed by atoms with Crippen molar-refractivity contribution in [1.29, 1.82) is 0 Å². The Balaban J connectivity index is 2.28. The number of aryl methyl sites for hydroxylation is 1. The third-order valence-electron chi connectivity index (χ3n) is 4.48. The van der Waals surface area contributed by atoms with Crippen LogP contribution in [0.15, 0.2) is 48.5 Å². The van der Waals surface area contributed by atoms with Gasteiger partial charge in [0, 0.05) is 11.5 Å². The second-order valence-corrected chi connectivity index (χ2v) is 9.32. The molecule has 0 aliphatic carbocycles. The van der Waals surface area contributed by atoms with Crippen molar-refractivity contribution in [2.75, 3.05) is 19.4 Å². The van der Waals surface area contributed by atoms with Crippen molar-refractivity contribution in [1.82, 2.24) is 4.90 Å². The molecule has 2 aromatic rings. The molecule has 31 heavy (non-hydrogen) atoms. The Morgan fingerprint density at radius 1 is 1.06 bits per heavy atom. The van der Waals surface area contributed by atoms with E-state index < -0.39 is 30.3 Å². The van der Waals surface area contributed by atoms with Gasteiger partial charge in [-0.1, -0.05) is 42.0 Å². The maximum absolute atomic E-state index is 12.9. The minimum absolute atomic E-state index is 0.448. The molecule has 0 fully saturated rings. The molecule has 0 spiro atoms. The lowest BCUT2D eigenvalue weighted by Crippen LogP contribution is -2.43. The molecule has 6 nitrogen and oxygen atoms in total. The Bertz CT molecular complexity index is 859. The van der Waals surface area contributed by atoms with Crippen LogP contribution in [0.4, 0.5) is 4.79 Å². The van der Waals surface area contributed by atoms with E-state index in [1.54, 1.807) is 51.8 Å². The first-order chi connectivity index (χ1) is 14.6. The van der Waals surface area contributed by atoms with Gasteiger partial charge >= 0.3 is 12.1 Å². The Hall–Kier alpha value is -2.67. The number of aliphatic carboxylic acids is 1. The van der Waals surface area contributed by atoms with Gasteiger partial charge in [-0.25, -0.2) is 4.79 Å². The molecule has 2 aromatic carbocycles. The van der Waals surface area contributed by atoms with Crippen molar-refractivity contribution < 1.29 is 24.2 Å². The van der Waals surface area contributed by atoms with E-state index in [2.05, 4.69) is 24.3 Å². The Morgan fingerprint density at radius 2 is 1.68 bits per heavy atom. The number of ether oxygens (including phenoxy) is 2. The molecule has 1 atom stereocenters. The van der Waals surface area contributed by atoms with Gasteiger partial charge < -0.3 is 14.6 Å². The van der Waals surface area contributed by atoms with Crippen LogP contribution in [0.5, 0.6) is 5.75 Å². The van der Waals surface area contributed by atoms with Crippen LogP contribution in [0.2, 0.25) is 0 Å². The molecule has 0 radical (unpaired) electrons. The average molecular weight is 446 g/mol. The zero-order chi connectivity index (χ0) is 23.0. The molecule has 168 valence electrons. The molecular formula is C24H31NO5S. The number of hydrogen-bond acceptors (Lipinski definition) is 5. The van der Waals surface area contributed by atoms with Crippen LogP contribution < -0.4 is 4.74 Å². The lowest BCUT2D eigenvalue weighted by atomic mass is 10.1. The molecular weight excluding hydrogens is 414 g/mol. The van der Waals surface area contributed by atoms with Gasteiger partial charge in [-0.05, 0) is 51.0 Å². The first-order valence-electron chi connectivity index (χ1n) is 10.1. The Kier molecular flexibility index (Phi) is 8.80. The van der Waals surface area contributed by atoms with E-state index in [-0.39, 0.29) is 0 Å². The average Bonchev–Trinajstić information content (AvgIpc) is 2.70. The zero-order valence-electron chi connectivity index (χ0n) is 18.8. The summed E-state index contributed by atoms with van der Waals surface area (Å²) < 4.78 is 10.7. The smallest absolute Gasteiger partial charge is 0.411 e. The predicted molar refractivity (Wildman–Crippen MR) is 124 cm³/mol. The number of amides is 1. The predicted octanol–water partition coefficient (Wildman–Crippen LogP) is 5.30. The SMILES string of the molecule is COc1ccc(C(CSCc2ccc(C)cc2)N(CC(=O)O)C(=O)OC(C)(C)C)cc1. The fraction of sp³-hybridized carbons (Fsp3) is 0.417. The van der Waals surface area contributed by atoms with Crippen LogP contribution in [-0.2, 0) is 15.3 Å². The number of carbonyl (C=O) groups is 2. The first-order valence-corrected chi connectivity index (χ1v) is 11.2. The number of benzene rings is 2. The van der Waals surface area contributed by atoms with Gasteiger partial charge in [-0.15, -0.1) is 0 Å². The number of carboxylic acid groups (broad SMARTS) is 1. The normalized spacial score (nSPS) is 12.2. The maximum Gasteiger partial charge on any atom is 0.411 e. The summed E-state index contributed by atoms with van der Waals surface area (Å²) in [6.45, 7) is 6.88. The number of nitrogens with zero attached hydrogens (tertiary/aromatic N) is 1. The number of rotatable bonds is 9. The molecule has 1 amide bonds. The highest BCUT2D eigenvalue weighted by atomic mass is 32.2. The van der Waals surface area contributed by atoms with E-state index in [9.17, 15) is 14.7 Å². The summed E-state index contributed by atoms with van der Waals surface area (Å²) >= 11 is 1.64.